The molecule has 0 bridgehead atoms. The van der Waals surface area contributed by atoms with Crippen molar-refractivity contribution in [3.63, 3.8) is 0 Å². The van der Waals surface area contributed by atoms with Gasteiger partial charge in [0.25, 0.3) is 0 Å². The fourth-order valence-corrected chi connectivity index (χ4v) is 1.53. The average molecular weight is 245 g/mol. The molecule has 0 saturated heterocycles. The van der Waals surface area contributed by atoms with E-state index in [0.717, 1.165) is 11.4 Å². The van der Waals surface area contributed by atoms with Crippen LogP contribution in [0.25, 0.3) is 0 Å². The van der Waals surface area contributed by atoms with Crippen molar-refractivity contribution in [1.82, 2.24) is 15.0 Å². The standard InChI is InChI=1S/C11H11N5O2/c1-7-6-8(2)14-11(13-7)15-10-9(16(17)18)4-3-5-12-10/h3-6H,1-2H3,(H,12,13,14,15). The zero-order valence-electron chi connectivity index (χ0n) is 9.91. The summed E-state index contributed by atoms with van der Waals surface area (Å²) in [5, 5.41) is 13.6. The molecule has 7 nitrogen and oxygen atoms in total. The van der Waals surface area contributed by atoms with Crippen LogP contribution in [0.2, 0.25) is 0 Å². The molecule has 2 heterocycles. The molecular formula is C11H11N5O2. The zero-order chi connectivity index (χ0) is 13.1. The van der Waals surface area contributed by atoms with Crippen molar-refractivity contribution in [2.75, 3.05) is 5.32 Å². The van der Waals surface area contributed by atoms with E-state index in [1.807, 2.05) is 19.9 Å². The molecule has 0 aromatic carbocycles. The Bertz CT molecular complexity index is 579. The molecule has 0 unspecified atom stereocenters. The van der Waals surface area contributed by atoms with Gasteiger partial charge in [0.2, 0.25) is 11.8 Å². The highest BCUT2D eigenvalue weighted by Gasteiger charge is 2.15. The Hall–Kier alpha value is -2.57. The van der Waals surface area contributed by atoms with Gasteiger partial charge >= 0.3 is 5.69 Å². The molecule has 92 valence electrons. The minimum absolute atomic E-state index is 0.111. The molecule has 0 aliphatic heterocycles. The molecule has 0 atom stereocenters. The number of hydrogen-bond donors (Lipinski definition) is 1. The van der Waals surface area contributed by atoms with Crippen LogP contribution in [0.1, 0.15) is 11.4 Å². The minimum atomic E-state index is -0.502. The summed E-state index contributed by atoms with van der Waals surface area (Å²) in [7, 11) is 0. The van der Waals surface area contributed by atoms with Crippen LogP contribution in [0.4, 0.5) is 17.5 Å². The summed E-state index contributed by atoms with van der Waals surface area (Å²) >= 11 is 0. The van der Waals surface area contributed by atoms with Crippen molar-refractivity contribution < 1.29 is 4.92 Å². The predicted octanol–water partition coefficient (Wildman–Crippen LogP) is 2.14. The van der Waals surface area contributed by atoms with Gasteiger partial charge < -0.3 is 5.32 Å². The van der Waals surface area contributed by atoms with Crippen molar-refractivity contribution >= 4 is 17.5 Å². The van der Waals surface area contributed by atoms with Gasteiger partial charge in [-0.3, -0.25) is 10.1 Å². The van der Waals surface area contributed by atoms with E-state index < -0.39 is 4.92 Å². The van der Waals surface area contributed by atoms with Crippen LogP contribution in [-0.2, 0) is 0 Å². The summed E-state index contributed by atoms with van der Waals surface area (Å²) in [5.41, 5.74) is 1.45. The molecule has 0 aliphatic rings. The van der Waals surface area contributed by atoms with Gasteiger partial charge in [0.1, 0.15) is 0 Å². The van der Waals surface area contributed by atoms with Crippen LogP contribution in [0.3, 0.4) is 0 Å². The van der Waals surface area contributed by atoms with Crippen LogP contribution in [0, 0.1) is 24.0 Å². The largest absolute Gasteiger partial charge is 0.311 e. The van der Waals surface area contributed by atoms with E-state index in [4.69, 9.17) is 0 Å². The molecule has 0 saturated carbocycles. The topological polar surface area (TPSA) is 93.8 Å². The summed E-state index contributed by atoms with van der Waals surface area (Å²) in [5.74, 6) is 0.432. The summed E-state index contributed by atoms with van der Waals surface area (Å²) in [6, 6.07) is 4.70. The van der Waals surface area contributed by atoms with Crippen molar-refractivity contribution in [3.8, 4) is 0 Å². The van der Waals surface area contributed by atoms with Crippen molar-refractivity contribution in [2.45, 2.75) is 13.8 Å². The molecule has 7 heteroatoms. The second kappa shape index (κ2) is 4.74. The predicted molar refractivity (Wildman–Crippen MR) is 65.7 cm³/mol. The van der Waals surface area contributed by atoms with Gasteiger partial charge in [-0.25, -0.2) is 15.0 Å². The molecule has 2 aromatic heterocycles. The average Bonchev–Trinajstić information content (AvgIpc) is 2.27. The Balaban J connectivity index is 2.37. The molecule has 0 fully saturated rings. The van der Waals surface area contributed by atoms with E-state index in [2.05, 4.69) is 20.3 Å². The molecule has 0 amide bonds. The maximum absolute atomic E-state index is 10.8. The Morgan fingerprint density at radius 1 is 1.28 bits per heavy atom. The van der Waals surface area contributed by atoms with E-state index in [1.165, 1.54) is 18.3 Å². The normalized spacial score (nSPS) is 10.1. The number of nitrogens with zero attached hydrogens (tertiary/aromatic N) is 4. The number of pyridine rings is 1. The number of rotatable bonds is 3. The van der Waals surface area contributed by atoms with Crippen LogP contribution >= 0.6 is 0 Å². The lowest BCUT2D eigenvalue weighted by Gasteiger charge is -2.05. The van der Waals surface area contributed by atoms with E-state index >= 15 is 0 Å². The zero-order valence-corrected chi connectivity index (χ0v) is 9.91. The molecule has 0 radical (unpaired) electrons. The summed E-state index contributed by atoms with van der Waals surface area (Å²) in [4.78, 5) is 22.5. The number of aryl methyl sites for hydroxylation is 2. The Morgan fingerprint density at radius 2 is 1.94 bits per heavy atom. The van der Waals surface area contributed by atoms with Crippen LogP contribution in [0.15, 0.2) is 24.4 Å². The van der Waals surface area contributed by atoms with Gasteiger partial charge in [0, 0.05) is 23.7 Å². The molecule has 0 spiro atoms. The molecule has 2 rings (SSSR count). The number of aromatic nitrogens is 3. The lowest BCUT2D eigenvalue weighted by molar-refractivity contribution is -0.384. The van der Waals surface area contributed by atoms with Gasteiger partial charge in [-0.1, -0.05) is 0 Å². The highest BCUT2D eigenvalue weighted by Crippen LogP contribution is 2.22. The van der Waals surface area contributed by atoms with Crippen LogP contribution < -0.4 is 5.32 Å². The van der Waals surface area contributed by atoms with Crippen LogP contribution in [-0.4, -0.2) is 19.9 Å². The Labute approximate surface area is 103 Å². The van der Waals surface area contributed by atoms with Gasteiger partial charge in [0.05, 0.1) is 4.92 Å². The first kappa shape index (κ1) is 11.9. The molecule has 0 aliphatic carbocycles. The van der Waals surface area contributed by atoms with Gasteiger partial charge in [-0.05, 0) is 26.0 Å². The number of hydrogen-bond acceptors (Lipinski definition) is 6. The Morgan fingerprint density at radius 3 is 2.56 bits per heavy atom. The fraction of sp³-hybridized carbons (Fsp3) is 0.182. The SMILES string of the molecule is Cc1cc(C)nc(Nc2ncccc2[N+](=O)[O-])n1. The maximum atomic E-state index is 10.8. The van der Waals surface area contributed by atoms with E-state index in [1.54, 1.807) is 0 Å². The highest BCUT2D eigenvalue weighted by molar-refractivity contribution is 5.61. The van der Waals surface area contributed by atoms with Crippen LogP contribution in [0.5, 0.6) is 0 Å². The molecular weight excluding hydrogens is 234 g/mol. The first-order chi connectivity index (χ1) is 8.56. The van der Waals surface area contributed by atoms with Crippen molar-refractivity contribution in [3.05, 3.63) is 45.9 Å². The molecule has 1 N–H and O–H groups in total. The fourth-order valence-electron chi connectivity index (χ4n) is 1.53. The molecule has 2 aromatic rings. The van der Waals surface area contributed by atoms with Gasteiger partial charge in [0.15, 0.2) is 0 Å². The summed E-state index contributed by atoms with van der Waals surface area (Å²) in [6.07, 6.45) is 1.47. The highest BCUT2D eigenvalue weighted by atomic mass is 16.6. The summed E-state index contributed by atoms with van der Waals surface area (Å²) in [6.45, 7) is 3.65. The monoisotopic (exact) mass is 245 g/mol. The van der Waals surface area contributed by atoms with Gasteiger partial charge in [-0.15, -0.1) is 0 Å². The van der Waals surface area contributed by atoms with E-state index in [-0.39, 0.29) is 11.5 Å². The lowest BCUT2D eigenvalue weighted by Crippen LogP contribution is -2.03. The number of nitrogens with one attached hydrogen (secondary N) is 1. The number of nitro groups is 1. The first-order valence-electron chi connectivity index (χ1n) is 5.25. The third-order valence-corrected chi connectivity index (χ3v) is 2.20. The van der Waals surface area contributed by atoms with Gasteiger partial charge in [-0.2, -0.15) is 0 Å². The van der Waals surface area contributed by atoms with Crippen molar-refractivity contribution in [2.24, 2.45) is 0 Å². The first-order valence-corrected chi connectivity index (χ1v) is 5.25. The minimum Gasteiger partial charge on any atom is -0.303 e. The smallest absolute Gasteiger partial charge is 0.303 e. The molecule has 18 heavy (non-hydrogen) atoms. The second-order valence-corrected chi connectivity index (χ2v) is 3.73. The van der Waals surface area contributed by atoms with Crippen molar-refractivity contribution in [1.29, 1.82) is 0 Å². The second-order valence-electron chi connectivity index (χ2n) is 3.73. The van der Waals surface area contributed by atoms with E-state index in [9.17, 15) is 10.1 Å². The quantitative estimate of drug-likeness (QED) is 0.657. The summed E-state index contributed by atoms with van der Waals surface area (Å²) < 4.78 is 0. The Kier molecular flexibility index (Phi) is 3.13. The van der Waals surface area contributed by atoms with E-state index in [0.29, 0.717) is 5.95 Å². The number of anilines is 2. The lowest BCUT2D eigenvalue weighted by atomic mass is 10.3. The third-order valence-electron chi connectivity index (χ3n) is 2.20. The third kappa shape index (κ3) is 2.57. The maximum Gasteiger partial charge on any atom is 0.311 e.